The first kappa shape index (κ1) is 13.8. The number of likely N-dealkylation sites (tertiary alicyclic amines) is 1. The van der Waals surface area contributed by atoms with Crippen molar-refractivity contribution in [2.45, 2.75) is 69.6 Å². The van der Waals surface area contributed by atoms with E-state index >= 15 is 0 Å². The lowest BCUT2D eigenvalue weighted by Gasteiger charge is -2.50. The number of hydrogen-bond acceptors (Lipinski definition) is 3. The third-order valence-electron chi connectivity index (χ3n) is 5.98. The molecule has 3 aliphatic rings. The zero-order chi connectivity index (χ0) is 13.3. The Morgan fingerprint density at radius 3 is 2.53 bits per heavy atom. The zero-order valence-electron chi connectivity index (χ0n) is 12.7. The Hall–Kier alpha value is -0.120. The van der Waals surface area contributed by atoms with Crippen LogP contribution in [0, 0.1) is 5.92 Å². The topological polar surface area (TPSA) is 24.5 Å². The third-order valence-corrected chi connectivity index (χ3v) is 5.98. The van der Waals surface area contributed by atoms with E-state index in [9.17, 15) is 0 Å². The molecule has 0 aromatic rings. The van der Waals surface area contributed by atoms with Gasteiger partial charge in [0.1, 0.15) is 0 Å². The molecular weight excluding hydrogens is 236 g/mol. The molecule has 1 aliphatic carbocycles. The molecule has 0 aromatic carbocycles. The Balaban J connectivity index is 1.51. The van der Waals surface area contributed by atoms with E-state index in [0.717, 1.165) is 18.6 Å². The van der Waals surface area contributed by atoms with Crippen molar-refractivity contribution in [3.8, 4) is 0 Å². The second-order valence-electron chi connectivity index (χ2n) is 6.98. The molecule has 0 bridgehead atoms. The Morgan fingerprint density at radius 2 is 1.95 bits per heavy atom. The molecule has 3 fully saturated rings. The average molecular weight is 266 g/mol. The summed E-state index contributed by atoms with van der Waals surface area (Å²) in [6, 6.07) is 1.48. The first-order valence-electron chi connectivity index (χ1n) is 8.28. The van der Waals surface area contributed by atoms with Gasteiger partial charge in [0.05, 0.1) is 5.60 Å². The standard InChI is InChI=1S/C16H30N2O/c1-13(17-2)14-4-9-18(10-5-14)15-6-11-19-16(12-15)7-3-8-16/h13-15,17H,3-12H2,1-2H3. The Bertz CT molecular complexity index is 295. The maximum absolute atomic E-state index is 6.06. The Morgan fingerprint density at radius 1 is 1.21 bits per heavy atom. The molecule has 3 rings (SSSR count). The summed E-state index contributed by atoms with van der Waals surface area (Å²) >= 11 is 0. The summed E-state index contributed by atoms with van der Waals surface area (Å²) in [6.07, 6.45) is 9.31. The minimum Gasteiger partial charge on any atom is -0.375 e. The first-order valence-corrected chi connectivity index (χ1v) is 8.28. The minimum atomic E-state index is 0.304. The smallest absolute Gasteiger partial charge is 0.0697 e. The van der Waals surface area contributed by atoms with Crippen molar-refractivity contribution in [3.05, 3.63) is 0 Å². The highest BCUT2D eigenvalue weighted by Gasteiger charge is 2.44. The molecule has 2 atom stereocenters. The zero-order valence-corrected chi connectivity index (χ0v) is 12.7. The molecule has 1 N–H and O–H groups in total. The molecule has 2 unspecified atom stereocenters. The van der Waals surface area contributed by atoms with Crippen LogP contribution in [0.1, 0.15) is 51.9 Å². The van der Waals surface area contributed by atoms with E-state index in [0.29, 0.717) is 11.6 Å². The second-order valence-corrected chi connectivity index (χ2v) is 6.98. The van der Waals surface area contributed by atoms with Crippen LogP contribution < -0.4 is 5.32 Å². The lowest BCUT2D eigenvalue weighted by Crippen LogP contribution is -2.54. The molecule has 1 saturated carbocycles. The van der Waals surface area contributed by atoms with Crippen LogP contribution in [0.2, 0.25) is 0 Å². The van der Waals surface area contributed by atoms with E-state index in [2.05, 4.69) is 24.2 Å². The predicted molar refractivity (Wildman–Crippen MR) is 78.4 cm³/mol. The number of ether oxygens (including phenoxy) is 1. The molecule has 1 spiro atoms. The summed E-state index contributed by atoms with van der Waals surface area (Å²) in [5.74, 6) is 0.874. The van der Waals surface area contributed by atoms with Crippen LogP contribution in [0.4, 0.5) is 0 Å². The largest absolute Gasteiger partial charge is 0.375 e. The summed E-state index contributed by atoms with van der Waals surface area (Å²) in [5, 5.41) is 3.42. The van der Waals surface area contributed by atoms with Crippen LogP contribution in [-0.4, -0.2) is 49.3 Å². The van der Waals surface area contributed by atoms with E-state index < -0.39 is 0 Å². The predicted octanol–water partition coefficient (Wildman–Crippen LogP) is 2.41. The van der Waals surface area contributed by atoms with Gasteiger partial charge >= 0.3 is 0 Å². The van der Waals surface area contributed by atoms with Crippen molar-refractivity contribution in [3.63, 3.8) is 0 Å². The highest BCUT2D eigenvalue weighted by atomic mass is 16.5. The fraction of sp³-hybridized carbons (Fsp3) is 1.00. The van der Waals surface area contributed by atoms with Gasteiger partial charge in [-0.15, -0.1) is 0 Å². The van der Waals surface area contributed by atoms with Crippen molar-refractivity contribution in [1.82, 2.24) is 10.2 Å². The number of nitrogens with zero attached hydrogens (tertiary/aromatic N) is 1. The van der Waals surface area contributed by atoms with Gasteiger partial charge in [0.25, 0.3) is 0 Å². The summed E-state index contributed by atoms with van der Waals surface area (Å²) < 4.78 is 6.06. The minimum absolute atomic E-state index is 0.304. The quantitative estimate of drug-likeness (QED) is 0.849. The van der Waals surface area contributed by atoms with Gasteiger partial charge in [-0.3, -0.25) is 0 Å². The molecule has 2 aliphatic heterocycles. The van der Waals surface area contributed by atoms with Gasteiger partial charge in [-0.25, -0.2) is 0 Å². The molecule has 2 saturated heterocycles. The van der Waals surface area contributed by atoms with Crippen LogP contribution in [0.15, 0.2) is 0 Å². The van der Waals surface area contributed by atoms with Gasteiger partial charge in [0.2, 0.25) is 0 Å². The van der Waals surface area contributed by atoms with Crippen molar-refractivity contribution < 1.29 is 4.74 Å². The van der Waals surface area contributed by atoms with E-state index in [1.54, 1.807) is 0 Å². The van der Waals surface area contributed by atoms with Crippen LogP contribution in [0.25, 0.3) is 0 Å². The van der Waals surface area contributed by atoms with Gasteiger partial charge in [-0.05, 0) is 77.9 Å². The van der Waals surface area contributed by atoms with Gasteiger partial charge < -0.3 is 15.0 Å². The SMILES string of the molecule is CNC(C)C1CCN(C2CCOC3(CCC3)C2)CC1. The normalized spacial score (nSPS) is 34.1. The summed E-state index contributed by atoms with van der Waals surface area (Å²) in [5.41, 5.74) is 0.304. The van der Waals surface area contributed by atoms with E-state index in [1.807, 2.05) is 0 Å². The average Bonchev–Trinajstić information content (AvgIpc) is 2.45. The highest BCUT2D eigenvalue weighted by molar-refractivity contribution is 4.97. The van der Waals surface area contributed by atoms with Crippen LogP contribution in [0.5, 0.6) is 0 Å². The lowest BCUT2D eigenvalue weighted by atomic mass is 9.73. The van der Waals surface area contributed by atoms with Crippen LogP contribution in [0.3, 0.4) is 0 Å². The summed E-state index contributed by atoms with van der Waals surface area (Å²) in [6.45, 7) is 5.94. The van der Waals surface area contributed by atoms with Gasteiger partial charge in [0.15, 0.2) is 0 Å². The fourth-order valence-electron chi connectivity index (χ4n) is 4.25. The molecule has 0 radical (unpaired) electrons. The molecule has 3 heteroatoms. The number of hydrogen-bond donors (Lipinski definition) is 1. The molecular formula is C16H30N2O. The van der Waals surface area contributed by atoms with Gasteiger partial charge in [0, 0.05) is 18.7 Å². The van der Waals surface area contributed by atoms with E-state index in [-0.39, 0.29) is 0 Å². The molecule has 2 heterocycles. The van der Waals surface area contributed by atoms with E-state index in [4.69, 9.17) is 4.74 Å². The molecule has 0 amide bonds. The summed E-state index contributed by atoms with van der Waals surface area (Å²) in [7, 11) is 2.09. The van der Waals surface area contributed by atoms with Crippen molar-refractivity contribution in [1.29, 1.82) is 0 Å². The third kappa shape index (κ3) is 2.84. The van der Waals surface area contributed by atoms with Gasteiger partial charge in [-0.2, -0.15) is 0 Å². The first-order chi connectivity index (χ1) is 9.22. The second kappa shape index (κ2) is 5.71. The maximum Gasteiger partial charge on any atom is 0.0697 e. The maximum atomic E-state index is 6.06. The Kier molecular flexibility index (Phi) is 4.16. The molecule has 19 heavy (non-hydrogen) atoms. The highest BCUT2D eigenvalue weighted by Crippen LogP contribution is 2.43. The van der Waals surface area contributed by atoms with Crippen LogP contribution >= 0.6 is 0 Å². The summed E-state index contributed by atoms with van der Waals surface area (Å²) in [4.78, 5) is 2.77. The van der Waals surface area contributed by atoms with E-state index in [1.165, 1.54) is 58.0 Å². The fourth-order valence-corrected chi connectivity index (χ4v) is 4.25. The van der Waals surface area contributed by atoms with Crippen molar-refractivity contribution in [2.24, 2.45) is 5.92 Å². The van der Waals surface area contributed by atoms with Gasteiger partial charge in [-0.1, -0.05) is 0 Å². The Labute approximate surface area is 118 Å². The van der Waals surface area contributed by atoms with Crippen LogP contribution in [-0.2, 0) is 4.74 Å². The van der Waals surface area contributed by atoms with Crippen molar-refractivity contribution >= 4 is 0 Å². The molecule has 0 aromatic heterocycles. The number of piperidine rings is 1. The number of rotatable bonds is 3. The lowest BCUT2D eigenvalue weighted by molar-refractivity contribution is -0.150. The monoisotopic (exact) mass is 266 g/mol. The molecule has 3 nitrogen and oxygen atoms in total. The van der Waals surface area contributed by atoms with Crippen molar-refractivity contribution in [2.75, 3.05) is 26.7 Å². The molecule has 110 valence electrons. The number of nitrogens with one attached hydrogen (secondary N) is 1.